The molecule has 0 aromatic carbocycles. The lowest BCUT2D eigenvalue weighted by Crippen LogP contribution is -2.22. The first kappa shape index (κ1) is 15.3. The second kappa shape index (κ2) is 7.08. The molecule has 0 aliphatic rings. The van der Waals surface area contributed by atoms with E-state index in [0.717, 1.165) is 47.5 Å². The molecule has 3 aromatic heterocycles. The molecule has 1 N–H and O–H groups in total. The number of nitrogens with one attached hydrogen (secondary N) is 1. The average molecular weight is 304 g/mol. The Labute approximate surface area is 136 Å². The first-order chi connectivity index (χ1) is 11.3. The molecular formula is C19H20N4. The van der Waals surface area contributed by atoms with Crippen LogP contribution >= 0.6 is 0 Å². The molecular weight excluding hydrogens is 284 g/mol. The highest BCUT2D eigenvalue weighted by molar-refractivity contribution is 5.81. The molecule has 0 atom stereocenters. The van der Waals surface area contributed by atoms with Gasteiger partial charge in [0.2, 0.25) is 0 Å². The molecule has 0 spiro atoms. The van der Waals surface area contributed by atoms with Crippen LogP contribution in [0, 0.1) is 11.8 Å². The number of aromatic amines is 1. The first-order valence-corrected chi connectivity index (χ1v) is 7.91. The van der Waals surface area contributed by atoms with Crippen molar-refractivity contribution in [1.29, 1.82) is 0 Å². The molecule has 4 nitrogen and oxygen atoms in total. The number of rotatable bonds is 4. The molecule has 0 radical (unpaired) electrons. The Hall–Kier alpha value is -2.64. The van der Waals surface area contributed by atoms with Crippen molar-refractivity contribution in [3.05, 3.63) is 48.5 Å². The summed E-state index contributed by atoms with van der Waals surface area (Å²) in [5.41, 5.74) is 3.82. The Balaban J connectivity index is 1.75. The minimum atomic E-state index is 0.782. The van der Waals surface area contributed by atoms with Crippen molar-refractivity contribution in [2.75, 3.05) is 19.6 Å². The fourth-order valence-corrected chi connectivity index (χ4v) is 2.43. The van der Waals surface area contributed by atoms with Crippen LogP contribution < -0.4 is 0 Å². The molecule has 0 saturated carbocycles. The topological polar surface area (TPSA) is 44.8 Å². The van der Waals surface area contributed by atoms with Crippen LogP contribution in [0.2, 0.25) is 0 Å². The van der Waals surface area contributed by atoms with Gasteiger partial charge < -0.3 is 4.98 Å². The van der Waals surface area contributed by atoms with Gasteiger partial charge in [-0.1, -0.05) is 19.8 Å². The second-order valence-electron chi connectivity index (χ2n) is 5.33. The van der Waals surface area contributed by atoms with Crippen LogP contribution in [0.25, 0.3) is 22.2 Å². The smallest absolute Gasteiger partial charge is 0.137 e. The van der Waals surface area contributed by atoms with Crippen molar-refractivity contribution in [2.45, 2.75) is 13.8 Å². The molecule has 0 saturated heterocycles. The normalized spacial score (nSPS) is 10.7. The Kier molecular flexibility index (Phi) is 4.70. The number of aromatic nitrogens is 3. The van der Waals surface area contributed by atoms with Gasteiger partial charge in [0.05, 0.1) is 6.54 Å². The number of hydrogen-bond acceptors (Lipinski definition) is 3. The van der Waals surface area contributed by atoms with Gasteiger partial charge in [0, 0.05) is 35.1 Å². The van der Waals surface area contributed by atoms with Crippen LogP contribution in [-0.4, -0.2) is 39.5 Å². The van der Waals surface area contributed by atoms with Gasteiger partial charge in [0.1, 0.15) is 11.3 Å². The molecule has 3 rings (SSSR count). The standard InChI is InChI=1S/C19H20N4/c1-3-23(4-2)11-5-6-18-8-7-16(13-21-18)17-12-15-9-10-20-19(15)22-14-17/h7-10,12-14H,3-4,11H2,1-2H3,(H,20,22). The van der Waals surface area contributed by atoms with Crippen LogP contribution in [0.4, 0.5) is 0 Å². The van der Waals surface area contributed by atoms with E-state index < -0.39 is 0 Å². The summed E-state index contributed by atoms with van der Waals surface area (Å²) < 4.78 is 0. The fraction of sp³-hybridized carbons (Fsp3) is 0.263. The van der Waals surface area contributed by atoms with Gasteiger partial charge in [-0.3, -0.25) is 4.90 Å². The summed E-state index contributed by atoms with van der Waals surface area (Å²) in [6.07, 6.45) is 5.62. The van der Waals surface area contributed by atoms with Gasteiger partial charge in [-0.05, 0) is 43.3 Å². The summed E-state index contributed by atoms with van der Waals surface area (Å²) >= 11 is 0. The molecule has 23 heavy (non-hydrogen) atoms. The zero-order valence-corrected chi connectivity index (χ0v) is 13.5. The number of nitrogens with zero attached hydrogens (tertiary/aromatic N) is 3. The fourth-order valence-electron chi connectivity index (χ4n) is 2.43. The third-order valence-electron chi connectivity index (χ3n) is 3.91. The molecule has 0 bridgehead atoms. The van der Waals surface area contributed by atoms with Crippen molar-refractivity contribution in [1.82, 2.24) is 19.9 Å². The molecule has 0 unspecified atom stereocenters. The quantitative estimate of drug-likeness (QED) is 0.752. The summed E-state index contributed by atoms with van der Waals surface area (Å²) in [7, 11) is 0. The highest BCUT2D eigenvalue weighted by Crippen LogP contribution is 2.21. The SMILES string of the molecule is CCN(CC)CC#Cc1ccc(-c2cnc3[nH]ccc3c2)cn1. The van der Waals surface area contributed by atoms with E-state index in [1.165, 1.54) is 0 Å². The molecule has 116 valence electrons. The summed E-state index contributed by atoms with van der Waals surface area (Å²) in [6.45, 7) is 7.12. The largest absolute Gasteiger partial charge is 0.346 e. The monoisotopic (exact) mass is 304 g/mol. The molecule has 0 fully saturated rings. The predicted octanol–water partition coefficient (Wildman–Crippen LogP) is 3.32. The van der Waals surface area contributed by atoms with E-state index in [2.05, 4.69) is 51.6 Å². The van der Waals surface area contributed by atoms with Crippen LogP contribution in [0.3, 0.4) is 0 Å². The van der Waals surface area contributed by atoms with Crippen LogP contribution in [0.1, 0.15) is 19.5 Å². The molecule has 3 heterocycles. The maximum absolute atomic E-state index is 4.44. The van der Waals surface area contributed by atoms with E-state index in [4.69, 9.17) is 0 Å². The van der Waals surface area contributed by atoms with Gasteiger partial charge in [0.15, 0.2) is 0 Å². The van der Waals surface area contributed by atoms with Crippen molar-refractivity contribution in [2.24, 2.45) is 0 Å². The Morgan fingerprint density at radius 1 is 1.04 bits per heavy atom. The van der Waals surface area contributed by atoms with E-state index >= 15 is 0 Å². The van der Waals surface area contributed by atoms with Crippen molar-refractivity contribution in [3.63, 3.8) is 0 Å². The molecule has 3 aromatic rings. The highest BCUT2D eigenvalue weighted by Gasteiger charge is 2.02. The summed E-state index contributed by atoms with van der Waals surface area (Å²) in [6, 6.07) is 8.14. The van der Waals surface area contributed by atoms with E-state index in [-0.39, 0.29) is 0 Å². The zero-order valence-electron chi connectivity index (χ0n) is 13.5. The number of H-pyrrole nitrogens is 1. The Morgan fingerprint density at radius 3 is 2.61 bits per heavy atom. The molecule has 0 amide bonds. The molecule has 0 aliphatic carbocycles. The minimum absolute atomic E-state index is 0.782. The number of hydrogen-bond donors (Lipinski definition) is 1. The summed E-state index contributed by atoms with van der Waals surface area (Å²) in [4.78, 5) is 14.2. The van der Waals surface area contributed by atoms with Gasteiger partial charge in [-0.2, -0.15) is 0 Å². The zero-order chi connectivity index (χ0) is 16.1. The van der Waals surface area contributed by atoms with E-state index in [1.807, 2.05) is 36.8 Å². The maximum atomic E-state index is 4.44. The van der Waals surface area contributed by atoms with Crippen molar-refractivity contribution >= 4 is 11.0 Å². The van der Waals surface area contributed by atoms with Gasteiger partial charge in [0.25, 0.3) is 0 Å². The van der Waals surface area contributed by atoms with E-state index in [0.29, 0.717) is 0 Å². The minimum Gasteiger partial charge on any atom is -0.346 e. The van der Waals surface area contributed by atoms with Crippen LogP contribution in [0.15, 0.2) is 42.9 Å². The third kappa shape index (κ3) is 3.58. The van der Waals surface area contributed by atoms with Gasteiger partial charge in [-0.25, -0.2) is 9.97 Å². The lowest BCUT2D eigenvalue weighted by molar-refractivity contribution is 0.342. The second-order valence-corrected chi connectivity index (χ2v) is 5.33. The van der Waals surface area contributed by atoms with Crippen molar-refractivity contribution < 1.29 is 0 Å². The van der Waals surface area contributed by atoms with E-state index in [1.54, 1.807) is 0 Å². The average Bonchev–Trinajstić information content (AvgIpc) is 3.07. The molecule has 4 heteroatoms. The lowest BCUT2D eigenvalue weighted by atomic mass is 10.1. The lowest BCUT2D eigenvalue weighted by Gasteiger charge is -2.13. The van der Waals surface area contributed by atoms with Crippen molar-refractivity contribution in [3.8, 4) is 23.0 Å². The van der Waals surface area contributed by atoms with Crippen LogP contribution in [-0.2, 0) is 0 Å². The molecule has 0 aliphatic heterocycles. The highest BCUT2D eigenvalue weighted by atomic mass is 15.1. The predicted molar refractivity (Wildman–Crippen MR) is 94.0 cm³/mol. The number of fused-ring (bicyclic) bond motifs is 1. The maximum Gasteiger partial charge on any atom is 0.137 e. The first-order valence-electron chi connectivity index (χ1n) is 7.91. The van der Waals surface area contributed by atoms with Gasteiger partial charge >= 0.3 is 0 Å². The number of pyridine rings is 2. The third-order valence-corrected chi connectivity index (χ3v) is 3.91. The summed E-state index contributed by atoms with van der Waals surface area (Å²) in [5.74, 6) is 6.31. The van der Waals surface area contributed by atoms with E-state index in [9.17, 15) is 0 Å². The summed E-state index contributed by atoms with van der Waals surface area (Å²) in [5, 5.41) is 1.10. The van der Waals surface area contributed by atoms with Crippen LogP contribution in [0.5, 0.6) is 0 Å². The Morgan fingerprint density at radius 2 is 1.87 bits per heavy atom. The Bertz CT molecular complexity index is 833. The van der Waals surface area contributed by atoms with Gasteiger partial charge in [-0.15, -0.1) is 0 Å².